The minimum absolute atomic E-state index is 0.0173. The summed E-state index contributed by atoms with van der Waals surface area (Å²) in [6.07, 6.45) is 7.34. The number of fused-ring (bicyclic) bond motifs is 1. The topological polar surface area (TPSA) is 60.7 Å². The van der Waals surface area contributed by atoms with Crippen molar-refractivity contribution in [3.63, 3.8) is 0 Å². The fraction of sp³-hybridized carbons (Fsp3) is 0.412. The molecule has 3 rings (SSSR count). The van der Waals surface area contributed by atoms with Gasteiger partial charge in [0.25, 0.3) is 5.56 Å². The fourth-order valence-corrected chi connectivity index (χ4v) is 3.55. The Hall–Kier alpha value is -2.08. The summed E-state index contributed by atoms with van der Waals surface area (Å²) in [6.45, 7) is 8.44. The van der Waals surface area contributed by atoms with Crippen molar-refractivity contribution in [2.45, 2.75) is 45.6 Å². The maximum atomic E-state index is 12.8. The Morgan fingerprint density at radius 3 is 2.70 bits per heavy atom. The van der Waals surface area contributed by atoms with Crippen LogP contribution < -0.4 is 5.56 Å². The molecule has 0 fully saturated rings. The van der Waals surface area contributed by atoms with Gasteiger partial charge in [0.1, 0.15) is 4.70 Å². The largest absolute Gasteiger partial charge is 0.295 e. The molecule has 0 aliphatic carbocycles. The van der Waals surface area contributed by atoms with E-state index in [9.17, 15) is 4.79 Å². The average molecular weight is 328 g/mol. The van der Waals surface area contributed by atoms with E-state index in [2.05, 4.69) is 35.7 Å². The van der Waals surface area contributed by atoms with Gasteiger partial charge in [0.05, 0.1) is 17.5 Å². The van der Waals surface area contributed by atoms with E-state index in [0.29, 0.717) is 6.42 Å². The van der Waals surface area contributed by atoms with Gasteiger partial charge in [-0.3, -0.25) is 19.3 Å². The molecular weight excluding hydrogens is 308 g/mol. The molecule has 23 heavy (non-hydrogen) atoms. The first-order valence-electron chi connectivity index (χ1n) is 7.62. The molecule has 0 aliphatic heterocycles. The highest BCUT2D eigenvalue weighted by Gasteiger charge is 2.20. The Morgan fingerprint density at radius 2 is 2.04 bits per heavy atom. The lowest BCUT2D eigenvalue weighted by Crippen LogP contribution is -2.24. The number of thiophene rings is 1. The zero-order chi connectivity index (χ0) is 16.6. The van der Waals surface area contributed by atoms with E-state index in [-0.39, 0.29) is 17.0 Å². The fourth-order valence-electron chi connectivity index (χ4n) is 2.44. The van der Waals surface area contributed by atoms with Gasteiger partial charge in [-0.25, -0.2) is 4.98 Å². The van der Waals surface area contributed by atoms with Crippen molar-refractivity contribution in [1.29, 1.82) is 0 Å². The van der Waals surface area contributed by atoms with E-state index < -0.39 is 0 Å². The molecule has 0 radical (unpaired) electrons. The van der Waals surface area contributed by atoms with Gasteiger partial charge in [0.2, 0.25) is 0 Å². The Morgan fingerprint density at radius 1 is 1.26 bits per heavy atom. The van der Waals surface area contributed by atoms with E-state index in [1.165, 1.54) is 4.88 Å². The predicted octanol–water partition coefficient (Wildman–Crippen LogP) is 3.35. The number of rotatable bonds is 3. The molecule has 1 unspecified atom stereocenters. The van der Waals surface area contributed by atoms with Crippen LogP contribution in [0.1, 0.15) is 44.3 Å². The molecule has 6 heteroatoms. The third-order valence-electron chi connectivity index (χ3n) is 3.80. The van der Waals surface area contributed by atoms with Gasteiger partial charge >= 0.3 is 0 Å². The minimum atomic E-state index is -0.0173. The minimum Gasteiger partial charge on any atom is -0.295 e. The summed E-state index contributed by atoms with van der Waals surface area (Å²) in [4.78, 5) is 26.8. The molecular formula is C17H20N4OS. The van der Waals surface area contributed by atoms with Gasteiger partial charge in [0, 0.05) is 35.9 Å². The standard InChI is InChI=1S/C17H20N4OS/c1-11(7-12-9-18-5-6-19-12)21-10-20-13-8-14(17(2,3)4)23-15(13)16(21)22/h5-6,8-11H,7H2,1-4H3. The molecule has 0 saturated carbocycles. The second-order valence-electron chi connectivity index (χ2n) is 6.78. The molecule has 3 aromatic rings. The Bertz CT molecular complexity index is 877. The van der Waals surface area contributed by atoms with Gasteiger partial charge in [-0.1, -0.05) is 20.8 Å². The van der Waals surface area contributed by atoms with Crippen molar-refractivity contribution in [2.24, 2.45) is 0 Å². The normalized spacial score (nSPS) is 13.4. The van der Waals surface area contributed by atoms with E-state index >= 15 is 0 Å². The first-order valence-corrected chi connectivity index (χ1v) is 8.44. The molecule has 3 aromatic heterocycles. The van der Waals surface area contributed by atoms with Crippen LogP contribution in [-0.4, -0.2) is 19.5 Å². The molecule has 0 amide bonds. The van der Waals surface area contributed by atoms with Crippen LogP contribution in [0.3, 0.4) is 0 Å². The maximum Gasteiger partial charge on any atom is 0.271 e. The summed E-state index contributed by atoms with van der Waals surface area (Å²) in [5, 5.41) is 0. The molecule has 0 saturated heterocycles. The van der Waals surface area contributed by atoms with E-state index in [1.54, 1.807) is 40.8 Å². The molecule has 5 nitrogen and oxygen atoms in total. The summed E-state index contributed by atoms with van der Waals surface area (Å²) in [7, 11) is 0. The quantitative estimate of drug-likeness (QED) is 0.740. The number of nitrogens with zero attached hydrogens (tertiary/aromatic N) is 4. The molecule has 0 aromatic carbocycles. The van der Waals surface area contributed by atoms with Gasteiger partial charge in [-0.05, 0) is 18.4 Å². The van der Waals surface area contributed by atoms with Crippen molar-refractivity contribution in [3.8, 4) is 0 Å². The summed E-state index contributed by atoms with van der Waals surface area (Å²) in [5.41, 5.74) is 1.70. The lowest BCUT2D eigenvalue weighted by Gasteiger charge is -2.14. The van der Waals surface area contributed by atoms with E-state index in [0.717, 1.165) is 15.9 Å². The molecule has 1 atom stereocenters. The number of hydrogen-bond acceptors (Lipinski definition) is 5. The molecule has 3 heterocycles. The van der Waals surface area contributed by atoms with Crippen molar-refractivity contribution in [2.75, 3.05) is 0 Å². The van der Waals surface area contributed by atoms with Crippen LogP contribution in [0, 0.1) is 0 Å². The highest BCUT2D eigenvalue weighted by Crippen LogP contribution is 2.31. The zero-order valence-electron chi connectivity index (χ0n) is 13.8. The summed E-state index contributed by atoms with van der Waals surface area (Å²) in [6, 6.07) is 2.01. The molecule has 0 N–H and O–H groups in total. The van der Waals surface area contributed by atoms with Crippen molar-refractivity contribution in [3.05, 3.63) is 51.9 Å². The third-order valence-corrected chi connectivity index (χ3v) is 5.34. The number of aromatic nitrogens is 4. The van der Waals surface area contributed by atoms with Gasteiger partial charge < -0.3 is 0 Å². The lowest BCUT2D eigenvalue weighted by atomic mass is 9.95. The van der Waals surface area contributed by atoms with Crippen LogP contribution in [0.5, 0.6) is 0 Å². The predicted molar refractivity (Wildman–Crippen MR) is 93.0 cm³/mol. The summed E-state index contributed by atoms with van der Waals surface area (Å²) < 4.78 is 2.42. The van der Waals surface area contributed by atoms with Crippen LogP contribution in [0.2, 0.25) is 0 Å². The third kappa shape index (κ3) is 3.17. The Balaban J connectivity index is 1.98. The van der Waals surface area contributed by atoms with Gasteiger partial charge in [0.15, 0.2) is 0 Å². The second-order valence-corrected chi connectivity index (χ2v) is 7.83. The van der Waals surface area contributed by atoms with Crippen LogP contribution >= 0.6 is 11.3 Å². The van der Waals surface area contributed by atoms with Crippen LogP contribution in [0.25, 0.3) is 10.2 Å². The first kappa shape index (κ1) is 15.8. The molecule has 0 spiro atoms. The maximum absolute atomic E-state index is 12.8. The van der Waals surface area contributed by atoms with Crippen molar-refractivity contribution in [1.82, 2.24) is 19.5 Å². The number of hydrogen-bond donors (Lipinski definition) is 0. The highest BCUT2D eigenvalue weighted by atomic mass is 32.1. The Labute approximate surface area is 139 Å². The van der Waals surface area contributed by atoms with Crippen LogP contribution in [-0.2, 0) is 11.8 Å². The molecule has 0 aliphatic rings. The smallest absolute Gasteiger partial charge is 0.271 e. The zero-order valence-corrected chi connectivity index (χ0v) is 14.6. The van der Waals surface area contributed by atoms with Crippen LogP contribution in [0.15, 0.2) is 35.8 Å². The molecule has 0 bridgehead atoms. The first-order chi connectivity index (χ1) is 10.9. The van der Waals surface area contributed by atoms with Crippen molar-refractivity contribution < 1.29 is 0 Å². The lowest BCUT2D eigenvalue weighted by molar-refractivity contribution is 0.517. The average Bonchev–Trinajstić information content (AvgIpc) is 2.94. The summed E-state index contributed by atoms with van der Waals surface area (Å²) >= 11 is 1.54. The monoisotopic (exact) mass is 328 g/mol. The van der Waals surface area contributed by atoms with Crippen LogP contribution in [0.4, 0.5) is 0 Å². The van der Waals surface area contributed by atoms with Gasteiger partial charge in [-0.15, -0.1) is 11.3 Å². The summed E-state index contributed by atoms with van der Waals surface area (Å²) in [5.74, 6) is 0. The second kappa shape index (κ2) is 5.85. The van der Waals surface area contributed by atoms with E-state index in [4.69, 9.17) is 0 Å². The molecule has 120 valence electrons. The van der Waals surface area contributed by atoms with E-state index in [1.807, 2.05) is 13.0 Å². The van der Waals surface area contributed by atoms with Crippen molar-refractivity contribution >= 4 is 21.6 Å². The highest BCUT2D eigenvalue weighted by molar-refractivity contribution is 7.19. The Kier molecular flexibility index (Phi) is 4.02. The SMILES string of the molecule is CC(Cc1cnccn1)n1cnc2cc(C(C)(C)C)sc2c1=O. The van der Waals surface area contributed by atoms with Gasteiger partial charge in [-0.2, -0.15) is 0 Å².